The van der Waals surface area contributed by atoms with Crippen LogP contribution in [0.3, 0.4) is 0 Å². The van der Waals surface area contributed by atoms with E-state index in [0.717, 1.165) is 10.9 Å². The second-order valence-corrected chi connectivity index (χ2v) is 6.29. The molecular formula is C14H18BrCl. The lowest BCUT2D eigenvalue weighted by atomic mass is 9.98. The summed E-state index contributed by atoms with van der Waals surface area (Å²) in [7, 11) is 0. The Hall–Kier alpha value is -0.0100. The lowest BCUT2D eigenvalue weighted by Gasteiger charge is -2.13. The molecule has 1 fully saturated rings. The smallest absolute Gasteiger partial charge is 0.0406 e. The Morgan fingerprint density at radius 1 is 1.19 bits per heavy atom. The molecule has 1 aromatic carbocycles. The van der Waals surface area contributed by atoms with Crippen molar-refractivity contribution in [2.45, 2.75) is 43.4 Å². The van der Waals surface area contributed by atoms with Gasteiger partial charge in [0.1, 0.15) is 0 Å². The molecule has 16 heavy (non-hydrogen) atoms. The summed E-state index contributed by atoms with van der Waals surface area (Å²) in [6.07, 6.45) is 8.38. The zero-order chi connectivity index (χ0) is 11.4. The van der Waals surface area contributed by atoms with Crippen molar-refractivity contribution in [2.75, 3.05) is 0 Å². The van der Waals surface area contributed by atoms with E-state index in [-0.39, 0.29) is 0 Å². The molecule has 0 bridgehead atoms. The minimum Gasteiger partial charge on any atom is -0.0843 e. The van der Waals surface area contributed by atoms with Gasteiger partial charge in [-0.15, -0.1) is 0 Å². The maximum atomic E-state index is 5.88. The van der Waals surface area contributed by atoms with Crippen molar-refractivity contribution in [2.24, 2.45) is 5.92 Å². The molecule has 1 aromatic rings. The Kier molecular flexibility index (Phi) is 4.72. The van der Waals surface area contributed by atoms with E-state index >= 15 is 0 Å². The minimum atomic E-state index is 0.491. The first-order chi connectivity index (χ1) is 7.75. The van der Waals surface area contributed by atoms with Crippen LogP contribution in [0, 0.1) is 5.92 Å². The Bertz CT molecular complexity index is 314. The Labute approximate surface area is 112 Å². The third-order valence-corrected chi connectivity index (χ3v) is 4.77. The Morgan fingerprint density at radius 2 is 1.81 bits per heavy atom. The first-order valence-corrected chi connectivity index (χ1v) is 7.44. The molecule has 88 valence electrons. The highest BCUT2D eigenvalue weighted by atomic mass is 79.9. The summed E-state index contributed by atoms with van der Waals surface area (Å²) in [4.78, 5) is 0.491. The molecule has 0 radical (unpaired) electrons. The lowest BCUT2D eigenvalue weighted by molar-refractivity contribution is 0.483. The molecule has 1 atom stereocenters. The predicted octanol–water partition coefficient (Wildman–Crippen LogP) is 5.75. The lowest BCUT2D eigenvalue weighted by Crippen LogP contribution is -1.97. The minimum absolute atomic E-state index is 0.491. The topological polar surface area (TPSA) is 0 Å². The van der Waals surface area contributed by atoms with Gasteiger partial charge in [0, 0.05) is 9.85 Å². The number of benzene rings is 1. The van der Waals surface area contributed by atoms with Crippen LogP contribution in [0.25, 0.3) is 0 Å². The SMILES string of the molecule is Clc1ccc(C(Br)CCC2CCCC2)cc1. The number of hydrogen-bond acceptors (Lipinski definition) is 0. The van der Waals surface area contributed by atoms with Gasteiger partial charge in [-0.25, -0.2) is 0 Å². The highest BCUT2D eigenvalue weighted by molar-refractivity contribution is 9.09. The van der Waals surface area contributed by atoms with Gasteiger partial charge in [-0.1, -0.05) is 65.3 Å². The van der Waals surface area contributed by atoms with Crippen LogP contribution in [0.15, 0.2) is 24.3 Å². The summed E-state index contributed by atoms with van der Waals surface area (Å²) < 4.78 is 0. The van der Waals surface area contributed by atoms with E-state index in [1.54, 1.807) is 0 Å². The van der Waals surface area contributed by atoms with Crippen LogP contribution in [0.4, 0.5) is 0 Å². The van der Waals surface area contributed by atoms with Crippen molar-refractivity contribution in [3.63, 3.8) is 0 Å². The van der Waals surface area contributed by atoms with Crippen LogP contribution in [0.1, 0.15) is 48.9 Å². The molecule has 0 aromatic heterocycles. The fraction of sp³-hybridized carbons (Fsp3) is 0.571. The summed E-state index contributed by atoms with van der Waals surface area (Å²) in [6, 6.07) is 8.19. The third-order valence-electron chi connectivity index (χ3n) is 3.53. The average molecular weight is 302 g/mol. The normalized spacial score (nSPS) is 18.9. The van der Waals surface area contributed by atoms with Crippen molar-refractivity contribution in [3.05, 3.63) is 34.9 Å². The zero-order valence-electron chi connectivity index (χ0n) is 9.46. The molecule has 1 unspecified atom stereocenters. The van der Waals surface area contributed by atoms with Gasteiger partial charge in [0.25, 0.3) is 0 Å². The van der Waals surface area contributed by atoms with Crippen molar-refractivity contribution in [1.29, 1.82) is 0 Å². The van der Waals surface area contributed by atoms with Gasteiger partial charge < -0.3 is 0 Å². The van der Waals surface area contributed by atoms with E-state index in [1.807, 2.05) is 12.1 Å². The first kappa shape index (κ1) is 12.4. The molecule has 2 heteroatoms. The van der Waals surface area contributed by atoms with Crippen LogP contribution >= 0.6 is 27.5 Å². The number of alkyl halides is 1. The molecule has 2 rings (SSSR count). The van der Waals surface area contributed by atoms with Crippen molar-refractivity contribution in [3.8, 4) is 0 Å². The van der Waals surface area contributed by atoms with Gasteiger partial charge in [-0.3, -0.25) is 0 Å². The molecule has 0 aliphatic heterocycles. The van der Waals surface area contributed by atoms with Gasteiger partial charge in [0.2, 0.25) is 0 Å². The molecule has 1 aliphatic rings. The second kappa shape index (κ2) is 6.07. The standard InChI is InChI=1S/C14H18BrCl/c15-14(10-5-11-3-1-2-4-11)12-6-8-13(16)9-7-12/h6-9,11,14H,1-5,10H2. The van der Waals surface area contributed by atoms with Crippen LogP contribution in [0.2, 0.25) is 5.02 Å². The van der Waals surface area contributed by atoms with Crippen LogP contribution in [-0.4, -0.2) is 0 Å². The summed E-state index contributed by atoms with van der Waals surface area (Å²) in [5.74, 6) is 0.979. The van der Waals surface area contributed by atoms with E-state index in [1.165, 1.54) is 44.1 Å². The quantitative estimate of drug-likeness (QED) is 0.621. The maximum absolute atomic E-state index is 5.88. The third kappa shape index (κ3) is 3.49. The zero-order valence-corrected chi connectivity index (χ0v) is 11.8. The molecule has 1 aliphatic carbocycles. The summed E-state index contributed by atoms with van der Waals surface area (Å²) in [6.45, 7) is 0. The van der Waals surface area contributed by atoms with Crippen molar-refractivity contribution < 1.29 is 0 Å². The molecule has 0 saturated heterocycles. The van der Waals surface area contributed by atoms with E-state index in [9.17, 15) is 0 Å². The number of hydrogen-bond donors (Lipinski definition) is 0. The van der Waals surface area contributed by atoms with Gasteiger partial charge in [0.15, 0.2) is 0 Å². The van der Waals surface area contributed by atoms with Crippen molar-refractivity contribution in [1.82, 2.24) is 0 Å². The van der Waals surface area contributed by atoms with Gasteiger partial charge >= 0.3 is 0 Å². The molecule has 0 amide bonds. The monoisotopic (exact) mass is 300 g/mol. The van der Waals surface area contributed by atoms with E-state index in [0.29, 0.717) is 4.83 Å². The molecule has 0 nitrogen and oxygen atoms in total. The van der Waals surface area contributed by atoms with Crippen LogP contribution < -0.4 is 0 Å². The Balaban J connectivity index is 1.82. The fourth-order valence-corrected chi connectivity index (χ4v) is 3.21. The van der Waals surface area contributed by atoms with E-state index in [4.69, 9.17) is 11.6 Å². The van der Waals surface area contributed by atoms with Crippen LogP contribution in [0.5, 0.6) is 0 Å². The van der Waals surface area contributed by atoms with Crippen LogP contribution in [-0.2, 0) is 0 Å². The number of rotatable bonds is 4. The van der Waals surface area contributed by atoms with E-state index < -0.39 is 0 Å². The average Bonchev–Trinajstić information content (AvgIpc) is 2.80. The van der Waals surface area contributed by atoms with Gasteiger partial charge in [-0.05, 0) is 36.5 Å². The van der Waals surface area contributed by atoms with Gasteiger partial charge in [0.05, 0.1) is 0 Å². The summed E-state index contributed by atoms with van der Waals surface area (Å²) in [5.41, 5.74) is 1.35. The maximum Gasteiger partial charge on any atom is 0.0406 e. The predicted molar refractivity (Wildman–Crippen MR) is 74.3 cm³/mol. The highest BCUT2D eigenvalue weighted by Gasteiger charge is 2.16. The molecule has 1 saturated carbocycles. The largest absolute Gasteiger partial charge is 0.0843 e. The molecule has 0 spiro atoms. The van der Waals surface area contributed by atoms with E-state index in [2.05, 4.69) is 28.1 Å². The summed E-state index contributed by atoms with van der Waals surface area (Å²) >= 11 is 9.66. The Morgan fingerprint density at radius 3 is 2.44 bits per heavy atom. The molecular weight excluding hydrogens is 284 g/mol. The first-order valence-electron chi connectivity index (χ1n) is 6.15. The molecule has 0 heterocycles. The molecule has 0 N–H and O–H groups in total. The summed E-state index contributed by atoms with van der Waals surface area (Å²) in [5, 5.41) is 0.819. The highest BCUT2D eigenvalue weighted by Crippen LogP contribution is 2.34. The number of halogens is 2. The van der Waals surface area contributed by atoms with Crippen molar-refractivity contribution >= 4 is 27.5 Å². The van der Waals surface area contributed by atoms with Gasteiger partial charge in [-0.2, -0.15) is 0 Å². The second-order valence-electron chi connectivity index (χ2n) is 4.75. The fourth-order valence-electron chi connectivity index (χ4n) is 2.52.